The van der Waals surface area contributed by atoms with E-state index < -0.39 is 11.7 Å². The van der Waals surface area contributed by atoms with Crippen LogP contribution in [0.25, 0.3) is 0 Å². The van der Waals surface area contributed by atoms with E-state index in [0.29, 0.717) is 17.1 Å². The molecule has 2 rings (SSSR count). The third-order valence-electron chi connectivity index (χ3n) is 2.82. The lowest BCUT2D eigenvalue weighted by Crippen LogP contribution is -2.06. The molecule has 0 aliphatic rings. The molecule has 21 heavy (non-hydrogen) atoms. The smallest absolute Gasteiger partial charge is 0.416 e. The second kappa shape index (κ2) is 5.73. The molecule has 0 atom stereocenters. The molecule has 3 nitrogen and oxygen atoms in total. The molecule has 7 heteroatoms. The van der Waals surface area contributed by atoms with Crippen molar-refractivity contribution in [2.45, 2.75) is 6.18 Å². The van der Waals surface area contributed by atoms with Gasteiger partial charge in [0.1, 0.15) is 5.75 Å². The molecule has 0 spiro atoms. The number of rotatable bonds is 3. The zero-order valence-electron chi connectivity index (χ0n) is 11.0. The van der Waals surface area contributed by atoms with Crippen LogP contribution in [0.4, 0.5) is 30.2 Å². The molecule has 112 valence electrons. The summed E-state index contributed by atoms with van der Waals surface area (Å²) in [4.78, 5) is 0. The molecule has 0 radical (unpaired) electrons. The Hall–Kier alpha value is -2.08. The monoisotopic (exact) mass is 316 g/mol. The first-order chi connectivity index (χ1) is 9.81. The maximum atomic E-state index is 12.7. The summed E-state index contributed by atoms with van der Waals surface area (Å²) in [6.45, 7) is 0. The highest BCUT2D eigenvalue weighted by Crippen LogP contribution is 2.36. The Morgan fingerprint density at radius 3 is 2.38 bits per heavy atom. The fourth-order valence-corrected chi connectivity index (χ4v) is 1.89. The quantitative estimate of drug-likeness (QED) is 0.807. The Kier molecular flexibility index (Phi) is 4.18. The summed E-state index contributed by atoms with van der Waals surface area (Å²) in [7, 11) is 1.49. The first-order valence-corrected chi connectivity index (χ1v) is 6.26. The van der Waals surface area contributed by atoms with Gasteiger partial charge < -0.3 is 15.8 Å². The van der Waals surface area contributed by atoms with Crippen molar-refractivity contribution in [3.8, 4) is 5.75 Å². The molecular weight excluding hydrogens is 305 g/mol. The Labute approximate surface area is 124 Å². The van der Waals surface area contributed by atoms with Crippen LogP contribution in [0, 0.1) is 0 Å². The summed E-state index contributed by atoms with van der Waals surface area (Å²) in [6.07, 6.45) is -4.44. The summed E-state index contributed by atoms with van der Waals surface area (Å²) in [5.74, 6) is 0.549. The number of alkyl halides is 3. The van der Waals surface area contributed by atoms with Crippen molar-refractivity contribution in [2.75, 3.05) is 18.2 Å². The van der Waals surface area contributed by atoms with Gasteiger partial charge in [0.2, 0.25) is 0 Å². The second-order valence-corrected chi connectivity index (χ2v) is 4.68. The standard InChI is InChI=1S/C14H12ClF3N2O/c1-21-9-3-5-12(11(19)7-9)20-13-6-8(14(16,17)18)2-4-10(13)15/h2-7,20H,19H2,1H3. The maximum Gasteiger partial charge on any atom is 0.416 e. The molecule has 0 aliphatic heterocycles. The highest BCUT2D eigenvalue weighted by molar-refractivity contribution is 6.33. The molecule has 0 fully saturated rings. The van der Waals surface area contributed by atoms with E-state index in [0.717, 1.165) is 12.1 Å². The van der Waals surface area contributed by atoms with Gasteiger partial charge in [-0.05, 0) is 30.3 Å². The van der Waals surface area contributed by atoms with Gasteiger partial charge in [0.15, 0.2) is 0 Å². The number of nitrogens with two attached hydrogens (primary N) is 1. The first-order valence-electron chi connectivity index (χ1n) is 5.88. The second-order valence-electron chi connectivity index (χ2n) is 4.27. The van der Waals surface area contributed by atoms with Crippen LogP contribution < -0.4 is 15.8 Å². The Bertz CT molecular complexity index is 659. The lowest BCUT2D eigenvalue weighted by Gasteiger charge is -2.14. The van der Waals surface area contributed by atoms with E-state index >= 15 is 0 Å². The number of methoxy groups -OCH3 is 1. The van der Waals surface area contributed by atoms with Crippen LogP contribution in [0.3, 0.4) is 0 Å². The van der Waals surface area contributed by atoms with E-state index in [1.165, 1.54) is 13.2 Å². The van der Waals surface area contributed by atoms with E-state index in [1.807, 2.05) is 0 Å². The van der Waals surface area contributed by atoms with Gasteiger partial charge in [0.25, 0.3) is 0 Å². The summed E-state index contributed by atoms with van der Waals surface area (Å²) >= 11 is 5.91. The third kappa shape index (κ3) is 3.52. The summed E-state index contributed by atoms with van der Waals surface area (Å²) < 4.78 is 43.1. The number of benzene rings is 2. The van der Waals surface area contributed by atoms with Gasteiger partial charge in [-0.2, -0.15) is 13.2 Å². The number of ether oxygens (including phenoxy) is 1. The SMILES string of the molecule is COc1ccc(Nc2cc(C(F)(F)F)ccc2Cl)c(N)c1. The zero-order chi connectivity index (χ0) is 15.6. The largest absolute Gasteiger partial charge is 0.497 e. The Balaban J connectivity index is 2.35. The molecule has 0 unspecified atom stereocenters. The van der Waals surface area contributed by atoms with Crippen molar-refractivity contribution in [1.29, 1.82) is 0 Å². The van der Waals surface area contributed by atoms with E-state index in [4.69, 9.17) is 22.1 Å². The molecule has 0 bridgehead atoms. The average molecular weight is 317 g/mol. The number of hydrogen-bond acceptors (Lipinski definition) is 3. The molecule has 0 amide bonds. The lowest BCUT2D eigenvalue weighted by atomic mass is 10.1. The van der Waals surface area contributed by atoms with Gasteiger partial charge in [-0.15, -0.1) is 0 Å². The van der Waals surface area contributed by atoms with Crippen LogP contribution in [-0.2, 0) is 6.18 Å². The van der Waals surface area contributed by atoms with Crippen LogP contribution in [0.15, 0.2) is 36.4 Å². The highest BCUT2D eigenvalue weighted by atomic mass is 35.5. The van der Waals surface area contributed by atoms with E-state index in [1.54, 1.807) is 18.2 Å². The lowest BCUT2D eigenvalue weighted by molar-refractivity contribution is -0.137. The Morgan fingerprint density at radius 1 is 1.10 bits per heavy atom. The van der Waals surface area contributed by atoms with Crippen LogP contribution >= 0.6 is 11.6 Å². The molecule has 0 aliphatic carbocycles. The van der Waals surface area contributed by atoms with Gasteiger partial charge in [0.05, 0.1) is 34.8 Å². The fourth-order valence-electron chi connectivity index (χ4n) is 1.72. The topological polar surface area (TPSA) is 47.3 Å². The Morgan fingerprint density at radius 2 is 1.81 bits per heavy atom. The summed E-state index contributed by atoms with van der Waals surface area (Å²) in [5.41, 5.74) is 5.93. The summed E-state index contributed by atoms with van der Waals surface area (Å²) in [5, 5.41) is 2.96. The predicted octanol–water partition coefficient (Wildman–Crippen LogP) is 4.69. The fraction of sp³-hybridized carbons (Fsp3) is 0.143. The number of anilines is 3. The van der Waals surface area contributed by atoms with Crippen LogP contribution in [0.5, 0.6) is 5.75 Å². The van der Waals surface area contributed by atoms with Crippen LogP contribution in [0.1, 0.15) is 5.56 Å². The normalized spacial score (nSPS) is 11.3. The molecule has 0 heterocycles. The minimum Gasteiger partial charge on any atom is -0.497 e. The molecule has 0 aromatic heterocycles. The van der Waals surface area contributed by atoms with Crippen LogP contribution in [0.2, 0.25) is 5.02 Å². The van der Waals surface area contributed by atoms with Gasteiger partial charge in [-0.1, -0.05) is 11.6 Å². The number of nitrogen functional groups attached to an aromatic ring is 1. The minimum absolute atomic E-state index is 0.128. The minimum atomic E-state index is -4.44. The first kappa shape index (κ1) is 15.3. The number of hydrogen-bond donors (Lipinski definition) is 2. The van der Waals surface area contributed by atoms with Crippen LogP contribution in [-0.4, -0.2) is 7.11 Å². The molecular formula is C14H12ClF3N2O. The maximum absolute atomic E-state index is 12.7. The van der Waals surface area contributed by atoms with Crippen molar-refractivity contribution in [2.24, 2.45) is 0 Å². The number of halogens is 4. The van der Waals surface area contributed by atoms with E-state index in [9.17, 15) is 13.2 Å². The molecule has 2 aromatic carbocycles. The van der Waals surface area contributed by atoms with E-state index in [2.05, 4.69) is 5.32 Å². The molecule has 2 aromatic rings. The van der Waals surface area contributed by atoms with Crippen molar-refractivity contribution < 1.29 is 17.9 Å². The molecule has 0 saturated heterocycles. The highest BCUT2D eigenvalue weighted by Gasteiger charge is 2.31. The van der Waals surface area contributed by atoms with Crippen molar-refractivity contribution >= 4 is 28.7 Å². The zero-order valence-corrected chi connectivity index (χ0v) is 11.7. The van der Waals surface area contributed by atoms with E-state index in [-0.39, 0.29) is 10.7 Å². The predicted molar refractivity (Wildman–Crippen MR) is 77.1 cm³/mol. The molecule has 0 saturated carbocycles. The number of nitrogens with one attached hydrogen (secondary N) is 1. The van der Waals surface area contributed by atoms with Crippen molar-refractivity contribution in [1.82, 2.24) is 0 Å². The summed E-state index contributed by atoms with van der Waals surface area (Å²) in [6, 6.07) is 7.85. The van der Waals surface area contributed by atoms with Gasteiger partial charge in [-0.25, -0.2) is 0 Å². The van der Waals surface area contributed by atoms with Crippen molar-refractivity contribution in [3.63, 3.8) is 0 Å². The van der Waals surface area contributed by atoms with Crippen molar-refractivity contribution in [3.05, 3.63) is 47.0 Å². The molecule has 3 N–H and O–H groups in total. The third-order valence-corrected chi connectivity index (χ3v) is 3.15. The van der Waals surface area contributed by atoms with Gasteiger partial charge >= 0.3 is 6.18 Å². The van der Waals surface area contributed by atoms with Gasteiger partial charge in [-0.3, -0.25) is 0 Å². The average Bonchev–Trinajstić information content (AvgIpc) is 2.42. The van der Waals surface area contributed by atoms with Gasteiger partial charge in [0, 0.05) is 6.07 Å².